The number of piperidine rings is 1. The van der Waals surface area contributed by atoms with Crippen LogP contribution in [0.4, 0.5) is 0 Å². The zero-order chi connectivity index (χ0) is 19.4. The van der Waals surface area contributed by atoms with Crippen LogP contribution >= 0.6 is 23.2 Å². The van der Waals surface area contributed by atoms with E-state index in [0.717, 1.165) is 5.56 Å². The third kappa shape index (κ3) is 5.23. The highest BCUT2D eigenvalue weighted by Gasteiger charge is 2.26. The average Bonchev–Trinajstić information content (AvgIpc) is 2.65. The Kier molecular flexibility index (Phi) is 6.42. The summed E-state index contributed by atoms with van der Waals surface area (Å²) in [6, 6.07) is 13.2. The van der Waals surface area contributed by atoms with E-state index in [9.17, 15) is 13.2 Å². The molecule has 1 amide bonds. The van der Waals surface area contributed by atoms with Crippen LogP contribution in [-0.4, -0.2) is 38.4 Å². The van der Waals surface area contributed by atoms with Gasteiger partial charge < -0.3 is 4.90 Å². The third-order valence-electron chi connectivity index (χ3n) is 4.58. The molecule has 27 heavy (non-hydrogen) atoms. The molecule has 1 aliphatic heterocycles. The molecule has 0 aromatic heterocycles. The maximum absolute atomic E-state index is 12.5. The highest BCUT2D eigenvalue weighted by Crippen LogP contribution is 2.23. The van der Waals surface area contributed by atoms with E-state index in [2.05, 4.69) is 4.72 Å². The van der Waals surface area contributed by atoms with Crippen molar-refractivity contribution in [1.82, 2.24) is 9.62 Å². The van der Waals surface area contributed by atoms with Gasteiger partial charge >= 0.3 is 0 Å². The molecule has 0 saturated carbocycles. The van der Waals surface area contributed by atoms with Gasteiger partial charge in [0.1, 0.15) is 0 Å². The molecular weight excluding hydrogens is 407 g/mol. The second-order valence-electron chi connectivity index (χ2n) is 6.50. The lowest BCUT2D eigenvalue weighted by atomic mass is 10.0. The minimum atomic E-state index is -3.54. The van der Waals surface area contributed by atoms with Crippen LogP contribution in [0.3, 0.4) is 0 Å². The highest BCUT2D eigenvalue weighted by molar-refractivity contribution is 7.89. The maximum Gasteiger partial charge on any atom is 0.240 e. The van der Waals surface area contributed by atoms with Crippen LogP contribution in [0.25, 0.3) is 0 Å². The van der Waals surface area contributed by atoms with Crippen LogP contribution in [0, 0.1) is 0 Å². The largest absolute Gasteiger partial charge is 0.342 e. The van der Waals surface area contributed by atoms with Gasteiger partial charge in [0.25, 0.3) is 0 Å². The van der Waals surface area contributed by atoms with Gasteiger partial charge in [0.15, 0.2) is 0 Å². The summed E-state index contributed by atoms with van der Waals surface area (Å²) in [6.07, 6.45) is 1.36. The molecule has 1 saturated heterocycles. The second-order valence-corrected chi connectivity index (χ2v) is 9.06. The fourth-order valence-corrected chi connectivity index (χ4v) is 4.87. The number of sulfonamides is 1. The topological polar surface area (TPSA) is 66.5 Å². The Balaban J connectivity index is 1.55. The molecule has 144 valence electrons. The van der Waals surface area contributed by atoms with Gasteiger partial charge in [-0.1, -0.05) is 47.5 Å². The zero-order valence-electron chi connectivity index (χ0n) is 14.6. The zero-order valence-corrected chi connectivity index (χ0v) is 16.9. The summed E-state index contributed by atoms with van der Waals surface area (Å²) in [6.45, 7) is 1.01. The first-order valence-electron chi connectivity index (χ1n) is 8.64. The van der Waals surface area contributed by atoms with Crippen LogP contribution in [0.2, 0.25) is 10.0 Å². The predicted molar refractivity (Wildman–Crippen MR) is 107 cm³/mol. The number of rotatable bonds is 5. The fourth-order valence-electron chi connectivity index (χ4n) is 3.07. The summed E-state index contributed by atoms with van der Waals surface area (Å²) < 4.78 is 27.5. The molecule has 1 aliphatic rings. The number of carbonyl (C=O) groups excluding carboxylic acids is 1. The normalized spacial score (nSPS) is 15.7. The van der Waals surface area contributed by atoms with E-state index in [0.29, 0.717) is 36.0 Å². The molecule has 0 bridgehead atoms. The standard InChI is InChI=1S/C19H20Cl2N2O3S/c20-15-7-6-14(18(21)13-15)12-19(24)23-10-8-16(9-11-23)22-27(25,26)17-4-2-1-3-5-17/h1-7,13,16,22H,8-12H2. The van der Waals surface area contributed by atoms with E-state index in [-0.39, 0.29) is 23.3 Å². The van der Waals surface area contributed by atoms with E-state index in [1.54, 1.807) is 53.4 Å². The number of likely N-dealkylation sites (tertiary alicyclic amines) is 1. The van der Waals surface area contributed by atoms with Crippen LogP contribution in [-0.2, 0) is 21.2 Å². The predicted octanol–water partition coefficient (Wildman–Crippen LogP) is 3.51. The summed E-state index contributed by atoms with van der Waals surface area (Å²) in [5.41, 5.74) is 0.734. The van der Waals surface area contributed by atoms with Crippen molar-refractivity contribution < 1.29 is 13.2 Å². The number of carbonyl (C=O) groups is 1. The Morgan fingerprint density at radius 1 is 1.07 bits per heavy atom. The second kappa shape index (κ2) is 8.61. The molecule has 1 fully saturated rings. The molecule has 0 atom stereocenters. The first-order chi connectivity index (χ1) is 12.8. The van der Waals surface area contributed by atoms with Crippen molar-refractivity contribution in [2.24, 2.45) is 0 Å². The molecular formula is C19H20Cl2N2O3S. The minimum absolute atomic E-state index is 0.0245. The molecule has 0 spiro atoms. The summed E-state index contributed by atoms with van der Waals surface area (Å²) >= 11 is 12.0. The van der Waals surface area contributed by atoms with Crippen LogP contribution in [0.15, 0.2) is 53.4 Å². The molecule has 3 rings (SSSR count). The Morgan fingerprint density at radius 2 is 1.74 bits per heavy atom. The van der Waals surface area contributed by atoms with Gasteiger partial charge in [0, 0.05) is 29.2 Å². The molecule has 1 heterocycles. The number of hydrogen-bond donors (Lipinski definition) is 1. The molecule has 2 aromatic carbocycles. The van der Waals surface area contributed by atoms with Gasteiger partial charge in [-0.05, 0) is 42.7 Å². The smallest absolute Gasteiger partial charge is 0.240 e. The number of hydrogen-bond acceptors (Lipinski definition) is 3. The number of benzene rings is 2. The summed E-state index contributed by atoms with van der Waals surface area (Å²) in [5.74, 6) is -0.0245. The van der Waals surface area contributed by atoms with Crippen molar-refractivity contribution >= 4 is 39.1 Å². The minimum Gasteiger partial charge on any atom is -0.342 e. The fraction of sp³-hybridized carbons (Fsp3) is 0.316. The van der Waals surface area contributed by atoms with Crippen molar-refractivity contribution in [3.8, 4) is 0 Å². The first-order valence-corrected chi connectivity index (χ1v) is 10.9. The van der Waals surface area contributed by atoms with Crippen molar-refractivity contribution in [2.75, 3.05) is 13.1 Å². The van der Waals surface area contributed by atoms with Crippen LogP contribution < -0.4 is 4.72 Å². The van der Waals surface area contributed by atoms with Crippen molar-refractivity contribution in [3.05, 3.63) is 64.1 Å². The number of amides is 1. The van der Waals surface area contributed by atoms with Gasteiger partial charge in [0.2, 0.25) is 15.9 Å². The van der Waals surface area contributed by atoms with E-state index in [1.807, 2.05) is 0 Å². The summed E-state index contributed by atoms with van der Waals surface area (Å²) in [4.78, 5) is 14.5. The molecule has 1 N–H and O–H groups in total. The summed E-state index contributed by atoms with van der Waals surface area (Å²) in [5, 5.41) is 1.00. The molecule has 0 unspecified atom stereocenters. The van der Waals surface area contributed by atoms with Crippen molar-refractivity contribution in [1.29, 1.82) is 0 Å². The molecule has 2 aromatic rings. The van der Waals surface area contributed by atoms with Gasteiger partial charge in [-0.15, -0.1) is 0 Å². The average molecular weight is 427 g/mol. The van der Waals surface area contributed by atoms with Crippen molar-refractivity contribution in [3.63, 3.8) is 0 Å². The quantitative estimate of drug-likeness (QED) is 0.795. The number of nitrogens with zero attached hydrogens (tertiary/aromatic N) is 1. The molecule has 0 aliphatic carbocycles. The lowest BCUT2D eigenvalue weighted by molar-refractivity contribution is -0.131. The third-order valence-corrected chi connectivity index (χ3v) is 6.70. The summed E-state index contributed by atoms with van der Waals surface area (Å²) in [7, 11) is -3.54. The van der Waals surface area contributed by atoms with E-state index < -0.39 is 10.0 Å². The SMILES string of the molecule is O=C(Cc1ccc(Cl)cc1Cl)N1CCC(NS(=O)(=O)c2ccccc2)CC1. The molecule has 8 heteroatoms. The molecule has 5 nitrogen and oxygen atoms in total. The van der Waals surface area contributed by atoms with Gasteiger partial charge in [0.05, 0.1) is 11.3 Å². The monoisotopic (exact) mass is 426 g/mol. The van der Waals surface area contributed by atoms with Gasteiger partial charge in [-0.25, -0.2) is 13.1 Å². The first kappa shape index (κ1) is 20.1. The van der Waals surface area contributed by atoms with Crippen molar-refractivity contribution in [2.45, 2.75) is 30.2 Å². The maximum atomic E-state index is 12.5. The molecule has 0 radical (unpaired) electrons. The van der Waals surface area contributed by atoms with Crippen LogP contribution in [0.1, 0.15) is 18.4 Å². The number of halogens is 2. The highest BCUT2D eigenvalue weighted by atomic mass is 35.5. The van der Waals surface area contributed by atoms with Gasteiger partial charge in [-0.3, -0.25) is 4.79 Å². The van der Waals surface area contributed by atoms with E-state index in [1.165, 1.54) is 0 Å². The number of nitrogens with one attached hydrogen (secondary N) is 1. The Morgan fingerprint density at radius 3 is 2.37 bits per heavy atom. The Labute approximate surface area is 169 Å². The van der Waals surface area contributed by atoms with E-state index in [4.69, 9.17) is 23.2 Å². The Hall–Kier alpha value is -1.60. The Bertz CT molecular complexity index is 912. The lowest BCUT2D eigenvalue weighted by Crippen LogP contribution is -2.46. The van der Waals surface area contributed by atoms with Crippen LogP contribution in [0.5, 0.6) is 0 Å². The lowest BCUT2D eigenvalue weighted by Gasteiger charge is -2.32. The van der Waals surface area contributed by atoms with E-state index >= 15 is 0 Å². The van der Waals surface area contributed by atoms with Gasteiger partial charge in [-0.2, -0.15) is 0 Å².